The molecule has 3 N–H and O–H groups in total. The summed E-state index contributed by atoms with van der Waals surface area (Å²) < 4.78 is 0. The Morgan fingerprint density at radius 2 is 2.00 bits per heavy atom. The van der Waals surface area contributed by atoms with Gasteiger partial charge in [-0.1, -0.05) is 30.3 Å². The van der Waals surface area contributed by atoms with Crippen LogP contribution < -0.4 is 5.32 Å². The first-order valence-electron chi connectivity index (χ1n) is 8.49. The summed E-state index contributed by atoms with van der Waals surface area (Å²) in [6.45, 7) is 0. The zero-order valence-electron chi connectivity index (χ0n) is 14.9. The van der Waals surface area contributed by atoms with Crippen molar-refractivity contribution in [1.82, 2.24) is 15.2 Å². The number of aromatic hydroxyl groups is 1. The van der Waals surface area contributed by atoms with E-state index in [1.807, 2.05) is 12.1 Å². The first-order valence-corrected chi connectivity index (χ1v) is 8.49. The quantitative estimate of drug-likeness (QED) is 0.453. The SMILES string of the molecule is N#Cc1cn[nH]c1/N=N/c1c(O)c(C(=O)Nc2ccccn2)cc2ccccc12. The molecule has 29 heavy (non-hydrogen) atoms. The summed E-state index contributed by atoms with van der Waals surface area (Å²) in [5, 5.41) is 38.1. The summed E-state index contributed by atoms with van der Waals surface area (Å²) in [4.78, 5) is 16.8. The number of aromatic amines is 1. The summed E-state index contributed by atoms with van der Waals surface area (Å²) in [6, 6.07) is 15.7. The van der Waals surface area contributed by atoms with Gasteiger partial charge in [0.2, 0.25) is 0 Å². The molecule has 0 radical (unpaired) electrons. The van der Waals surface area contributed by atoms with Crippen LogP contribution in [-0.4, -0.2) is 26.2 Å². The number of amides is 1. The van der Waals surface area contributed by atoms with Crippen molar-refractivity contribution in [2.24, 2.45) is 10.2 Å². The average molecular weight is 383 g/mol. The topological polar surface area (TPSA) is 139 Å². The van der Waals surface area contributed by atoms with E-state index in [0.717, 1.165) is 0 Å². The van der Waals surface area contributed by atoms with Crippen molar-refractivity contribution >= 4 is 34.0 Å². The molecule has 140 valence electrons. The van der Waals surface area contributed by atoms with Crippen LogP contribution in [0.1, 0.15) is 15.9 Å². The maximum absolute atomic E-state index is 12.7. The molecule has 0 aliphatic carbocycles. The lowest BCUT2D eigenvalue weighted by molar-refractivity contribution is 0.102. The summed E-state index contributed by atoms with van der Waals surface area (Å²) >= 11 is 0. The molecule has 2 heterocycles. The number of benzene rings is 2. The molecular weight excluding hydrogens is 370 g/mol. The molecule has 4 aromatic rings. The number of nitriles is 1. The van der Waals surface area contributed by atoms with Crippen LogP contribution in [0.15, 0.2) is 71.2 Å². The Morgan fingerprint density at radius 3 is 2.79 bits per heavy atom. The van der Waals surface area contributed by atoms with Crippen LogP contribution in [0.25, 0.3) is 10.8 Å². The highest BCUT2D eigenvalue weighted by Crippen LogP contribution is 2.39. The van der Waals surface area contributed by atoms with Crippen LogP contribution >= 0.6 is 0 Å². The van der Waals surface area contributed by atoms with Gasteiger partial charge in [0, 0.05) is 11.6 Å². The van der Waals surface area contributed by atoms with Gasteiger partial charge < -0.3 is 10.4 Å². The first kappa shape index (κ1) is 17.8. The number of anilines is 1. The van der Waals surface area contributed by atoms with Crippen LogP contribution in [-0.2, 0) is 0 Å². The Labute approximate surface area is 164 Å². The number of azo groups is 1. The molecule has 0 fully saturated rings. The average Bonchev–Trinajstić information content (AvgIpc) is 3.21. The van der Waals surface area contributed by atoms with Crippen molar-refractivity contribution in [2.75, 3.05) is 5.32 Å². The molecule has 0 aliphatic rings. The van der Waals surface area contributed by atoms with Gasteiger partial charge >= 0.3 is 0 Å². The second-order valence-corrected chi connectivity index (χ2v) is 5.96. The third-order valence-corrected chi connectivity index (χ3v) is 4.14. The molecule has 2 aromatic carbocycles. The van der Waals surface area contributed by atoms with Crippen LogP contribution in [0.5, 0.6) is 5.75 Å². The highest BCUT2D eigenvalue weighted by molar-refractivity contribution is 6.11. The van der Waals surface area contributed by atoms with E-state index in [9.17, 15) is 9.90 Å². The van der Waals surface area contributed by atoms with Crippen molar-refractivity contribution < 1.29 is 9.90 Å². The standard InChI is InChI=1S/C20H13N7O2/c21-10-13-11-23-26-19(13)27-25-17-14-6-2-1-5-12(14)9-15(18(17)28)20(29)24-16-7-3-4-8-22-16/h1-9,11,28H,(H,23,26)(H,22,24,29)/b27-25+. The van der Waals surface area contributed by atoms with Gasteiger partial charge in [-0.25, -0.2) is 4.98 Å². The number of phenolic OH excluding ortho intramolecular Hbond substituents is 1. The third-order valence-electron chi connectivity index (χ3n) is 4.14. The zero-order valence-corrected chi connectivity index (χ0v) is 14.9. The number of carbonyl (C=O) groups is 1. The highest BCUT2D eigenvalue weighted by Gasteiger charge is 2.19. The van der Waals surface area contributed by atoms with Crippen LogP contribution in [0.2, 0.25) is 0 Å². The van der Waals surface area contributed by atoms with Crippen molar-refractivity contribution in [2.45, 2.75) is 0 Å². The van der Waals surface area contributed by atoms with E-state index in [4.69, 9.17) is 5.26 Å². The van der Waals surface area contributed by atoms with Gasteiger partial charge in [-0.15, -0.1) is 10.2 Å². The lowest BCUT2D eigenvalue weighted by Gasteiger charge is -2.10. The fourth-order valence-corrected chi connectivity index (χ4v) is 2.75. The second-order valence-electron chi connectivity index (χ2n) is 5.96. The number of carbonyl (C=O) groups excluding carboxylic acids is 1. The minimum atomic E-state index is -0.539. The van der Waals surface area contributed by atoms with Gasteiger partial charge in [0.05, 0.1) is 11.8 Å². The summed E-state index contributed by atoms with van der Waals surface area (Å²) in [7, 11) is 0. The number of fused-ring (bicyclic) bond motifs is 1. The van der Waals surface area contributed by atoms with Crippen LogP contribution in [0.3, 0.4) is 0 Å². The number of rotatable bonds is 4. The number of phenols is 1. The molecule has 2 aromatic heterocycles. The molecule has 0 unspecified atom stereocenters. The van der Waals surface area contributed by atoms with E-state index in [2.05, 4.69) is 30.7 Å². The Hall–Kier alpha value is -4.58. The largest absolute Gasteiger partial charge is 0.505 e. The van der Waals surface area contributed by atoms with Crippen molar-refractivity contribution in [1.29, 1.82) is 5.26 Å². The number of H-pyrrole nitrogens is 1. The number of hydrogen-bond donors (Lipinski definition) is 3. The molecule has 1 amide bonds. The van der Waals surface area contributed by atoms with Gasteiger partial charge in [-0.05, 0) is 23.6 Å². The number of nitrogens with zero attached hydrogens (tertiary/aromatic N) is 5. The molecule has 0 saturated heterocycles. The molecule has 0 atom stereocenters. The first-order chi connectivity index (χ1) is 14.2. The fourth-order valence-electron chi connectivity index (χ4n) is 2.75. The van der Waals surface area contributed by atoms with Crippen LogP contribution in [0, 0.1) is 11.3 Å². The minimum Gasteiger partial charge on any atom is -0.505 e. The third kappa shape index (κ3) is 3.50. The van der Waals surface area contributed by atoms with Crippen molar-refractivity contribution in [3.05, 3.63) is 72.1 Å². The lowest BCUT2D eigenvalue weighted by Crippen LogP contribution is -2.13. The summed E-state index contributed by atoms with van der Waals surface area (Å²) in [6.07, 6.45) is 2.87. The highest BCUT2D eigenvalue weighted by atomic mass is 16.3. The smallest absolute Gasteiger partial charge is 0.260 e. The maximum Gasteiger partial charge on any atom is 0.260 e. The van der Waals surface area contributed by atoms with Crippen LogP contribution in [0.4, 0.5) is 17.3 Å². The molecule has 0 aliphatic heterocycles. The molecule has 0 bridgehead atoms. The fraction of sp³-hybridized carbons (Fsp3) is 0. The number of pyridine rings is 1. The molecule has 0 saturated carbocycles. The van der Waals surface area contributed by atoms with E-state index < -0.39 is 5.91 Å². The molecule has 4 rings (SSSR count). The monoisotopic (exact) mass is 383 g/mol. The number of hydrogen-bond acceptors (Lipinski definition) is 7. The van der Waals surface area contributed by atoms with E-state index in [0.29, 0.717) is 16.6 Å². The van der Waals surface area contributed by atoms with E-state index in [-0.39, 0.29) is 28.4 Å². The predicted molar refractivity (Wildman–Crippen MR) is 105 cm³/mol. The van der Waals surface area contributed by atoms with E-state index >= 15 is 0 Å². The molecule has 9 nitrogen and oxygen atoms in total. The molecule has 0 spiro atoms. The Morgan fingerprint density at radius 1 is 1.17 bits per heavy atom. The van der Waals surface area contributed by atoms with Crippen molar-refractivity contribution in [3.8, 4) is 11.8 Å². The van der Waals surface area contributed by atoms with E-state index in [1.165, 1.54) is 6.20 Å². The van der Waals surface area contributed by atoms with E-state index in [1.54, 1.807) is 48.7 Å². The van der Waals surface area contributed by atoms with Gasteiger partial charge in [0.25, 0.3) is 5.91 Å². The van der Waals surface area contributed by atoms with Gasteiger partial charge in [0.15, 0.2) is 11.6 Å². The Balaban J connectivity index is 1.80. The Kier molecular flexibility index (Phi) is 4.65. The predicted octanol–water partition coefficient (Wildman–Crippen LogP) is 4.20. The summed E-state index contributed by atoms with van der Waals surface area (Å²) in [5.41, 5.74) is 0.336. The number of aromatic nitrogens is 3. The Bertz CT molecular complexity index is 1270. The van der Waals surface area contributed by atoms with Gasteiger partial charge in [0.1, 0.15) is 23.1 Å². The zero-order chi connectivity index (χ0) is 20.2. The molecular formula is C20H13N7O2. The molecule has 9 heteroatoms. The number of nitrogens with one attached hydrogen (secondary N) is 2. The van der Waals surface area contributed by atoms with Crippen molar-refractivity contribution in [3.63, 3.8) is 0 Å². The normalized spacial score (nSPS) is 10.9. The lowest BCUT2D eigenvalue weighted by atomic mass is 10.0. The van der Waals surface area contributed by atoms with Gasteiger partial charge in [-0.2, -0.15) is 10.4 Å². The van der Waals surface area contributed by atoms with Gasteiger partial charge in [-0.3, -0.25) is 9.89 Å². The summed E-state index contributed by atoms with van der Waals surface area (Å²) in [5.74, 6) is -0.370. The maximum atomic E-state index is 12.7. The second kappa shape index (κ2) is 7.58. The minimum absolute atomic E-state index is 0.0217.